The van der Waals surface area contributed by atoms with Gasteiger partial charge in [0.2, 0.25) is 0 Å². The number of hydrogen-bond acceptors (Lipinski definition) is 3. The van der Waals surface area contributed by atoms with Crippen LogP contribution >= 0.6 is 15.9 Å². The van der Waals surface area contributed by atoms with Crippen molar-refractivity contribution in [2.75, 3.05) is 10.6 Å². The highest BCUT2D eigenvalue weighted by atomic mass is 79.9. The van der Waals surface area contributed by atoms with Gasteiger partial charge >= 0.3 is 0 Å². The minimum atomic E-state index is -0.557. The van der Waals surface area contributed by atoms with E-state index in [0.717, 1.165) is 0 Å². The summed E-state index contributed by atoms with van der Waals surface area (Å²) < 4.78 is 18.9. The van der Waals surface area contributed by atoms with Crippen LogP contribution in [0.4, 0.5) is 15.8 Å². The van der Waals surface area contributed by atoms with E-state index < -0.39 is 17.8 Å². The van der Waals surface area contributed by atoms with Crippen LogP contribution < -0.4 is 15.4 Å². The maximum absolute atomic E-state index is 13.1. The van der Waals surface area contributed by atoms with Crippen LogP contribution in [0.15, 0.2) is 40.9 Å². The summed E-state index contributed by atoms with van der Waals surface area (Å²) in [4.78, 5) is 23.9. The van der Waals surface area contributed by atoms with Crippen molar-refractivity contribution in [1.82, 2.24) is 0 Å². The maximum Gasteiger partial charge on any atom is 0.265 e. The number of nitrogens with one attached hydrogen (secondary N) is 2. The van der Waals surface area contributed by atoms with Crippen LogP contribution in [0.3, 0.4) is 0 Å². The average Bonchev–Trinajstić information content (AvgIpc) is 2.48. The first-order chi connectivity index (χ1) is 10.9. The molecule has 1 unspecified atom stereocenters. The number of amides is 2. The molecule has 2 aromatic rings. The number of carbonyl (C=O) groups excluding carboxylic acids is 2. The monoisotopic (exact) mass is 378 g/mol. The highest BCUT2D eigenvalue weighted by Crippen LogP contribution is 2.32. The summed E-state index contributed by atoms with van der Waals surface area (Å²) in [5.41, 5.74) is 1.28. The lowest BCUT2D eigenvalue weighted by molar-refractivity contribution is -0.122. The summed E-state index contributed by atoms with van der Waals surface area (Å²) in [6, 6.07) is 8.76. The SMILES string of the molecule is CC1Oc2ccc(NC(=O)c3ccc(F)cc3Br)cc2NC1=O. The Morgan fingerprint density at radius 1 is 1.30 bits per heavy atom. The van der Waals surface area contributed by atoms with Gasteiger partial charge in [0.05, 0.1) is 11.3 Å². The number of hydrogen-bond donors (Lipinski definition) is 2. The van der Waals surface area contributed by atoms with Gasteiger partial charge in [0, 0.05) is 10.2 Å². The fourth-order valence-electron chi connectivity index (χ4n) is 2.16. The van der Waals surface area contributed by atoms with Gasteiger partial charge in [-0.05, 0) is 59.3 Å². The van der Waals surface area contributed by atoms with E-state index in [1.165, 1.54) is 18.2 Å². The second-order valence-electron chi connectivity index (χ2n) is 5.04. The first-order valence-corrected chi connectivity index (χ1v) is 7.61. The fraction of sp³-hybridized carbons (Fsp3) is 0.125. The quantitative estimate of drug-likeness (QED) is 0.839. The van der Waals surface area contributed by atoms with Crippen LogP contribution in [0.1, 0.15) is 17.3 Å². The Balaban J connectivity index is 1.82. The van der Waals surface area contributed by atoms with Crippen LogP contribution in [-0.2, 0) is 4.79 Å². The molecule has 5 nitrogen and oxygen atoms in total. The maximum atomic E-state index is 13.1. The lowest BCUT2D eigenvalue weighted by Crippen LogP contribution is -2.34. The van der Waals surface area contributed by atoms with E-state index in [2.05, 4.69) is 26.6 Å². The number of fused-ring (bicyclic) bond motifs is 1. The van der Waals surface area contributed by atoms with Crippen molar-refractivity contribution in [3.8, 4) is 5.75 Å². The van der Waals surface area contributed by atoms with Gasteiger partial charge in [-0.2, -0.15) is 0 Å². The number of halogens is 2. The molecule has 1 aliphatic rings. The second-order valence-corrected chi connectivity index (χ2v) is 5.89. The molecule has 0 saturated heterocycles. The number of anilines is 2. The van der Waals surface area contributed by atoms with Gasteiger partial charge in [0.25, 0.3) is 11.8 Å². The molecule has 1 atom stereocenters. The van der Waals surface area contributed by atoms with Crippen molar-refractivity contribution in [2.45, 2.75) is 13.0 Å². The van der Waals surface area contributed by atoms with Crippen LogP contribution in [0.25, 0.3) is 0 Å². The second kappa shape index (κ2) is 6.00. The molecule has 23 heavy (non-hydrogen) atoms. The van der Waals surface area contributed by atoms with Crippen molar-refractivity contribution >= 4 is 39.1 Å². The molecule has 1 aliphatic heterocycles. The van der Waals surface area contributed by atoms with Crippen LogP contribution in [0.2, 0.25) is 0 Å². The van der Waals surface area contributed by atoms with Gasteiger partial charge in [-0.15, -0.1) is 0 Å². The Labute approximate surface area is 140 Å². The lowest BCUT2D eigenvalue weighted by Gasteiger charge is -2.23. The molecule has 0 radical (unpaired) electrons. The molecule has 3 rings (SSSR count). The fourth-order valence-corrected chi connectivity index (χ4v) is 2.69. The van der Waals surface area contributed by atoms with E-state index in [9.17, 15) is 14.0 Å². The average molecular weight is 379 g/mol. The molecule has 1 heterocycles. The number of ether oxygens (including phenoxy) is 1. The van der Waals surface area contributed by atoms with Gasteiger partial charge in [-0.3, -0.25) is 9.59 Å². The largest absolute Gasteiger partial charge is 0.479 e. The summed E-state index contributed by atoms with van der Waals surface area (Å²) >= 11 is 3.16. The molecule has 2 aromatic carbocycles. The zero-order valence-corrected chi connectivity index (χ0v) is 13.6. The number of carbonyl (C=O) groups is 2. The Kier molecular flexibility index (Phi) is 4.04. The topological polar surface area (TPSA) is 67.4 Å². The van der Waals surface area contributed by atoms with E-state index in [1.807, 2.05) is 0 Å². The first kappa shape index (κ1) is 15.5. The summed E-state index contributed by atoms with van der Waals surface area (Å²) in [6.45, 7) is 1.65. The smallest absolute Gasteiger partial charge is 0.265 e. The minimum Gasteiger partial charge on any atom is -0.479 e. The molecule has 0 fully saturated rings. The summed E-state index contributed by atoms with van der Waals surface area (Å²) in [6.07, 6.45) is -0.557. The van der Waals surface area contributed by atoms with Crippen molar-refractivity contribution in [2.24, 2.45) is 0 Å². The Morgan fingerprint density at radius 2 is 2.09 bits per heavy atom. The van der Waals surface area contributed by atoms with Crippen LogP contribution in [0.5, 0.6) is 5.75 Å². The van der Waals surface area contributed by atoms with Crippen molar-refractivity contribution in [3.05, 3.63) is 52.3 Å². The summed E-state index contributed by atoms with van der Waals surface area (Å²) in [7, 11) is 0. The summed E-state index contributed by atoms with van der Waals surface area (Å²) in [5, 5.41) is 5.40. The van der Waals surface area contributed by atoms with Gasteiger partial charge in [-0.1, -0.05) is 0 Å². The molecule has 118 valence electrons. The highest BCUT2D eigenvalue weighted by Gasteiger charge is 2.23. The molecular weight excluding hydrogens is 367 g/mol. The standard InChI is InChI=1S/C16H12BrFN2O3/c1-8-15(21)20-13-7-10(3-5-14(13)23-8)19-16(22)11-4-2-9(18)6-12(11)17/h2-8H,1H3,(H,19,22)(H,20,21). The normalized spacial score (nSPS) is 16.1. The van der Waals surface area contributed by atoms with E-state index in [4.69, 9.17) is 4.74 Å². The Morgan fingerprint density at radius 3 is 2.83 bits per heavy atom. The molecule has 0 bridgehead atoms. The van der Waals surface area contributed by atoms with Crippen LogP contribution in [0, 0.1) is 5.82 Å². The molecule has 0 aliphatic carbocycles. The molecule has 2 amide bonds. The highest BCUT2D eigenvalue weighted by molar-refractivity contribution is 9.10. The lowest BCUT2D eigenvalue weighted by atomic mass is 10.2. The van der Waals surface area contributed by atoms with E-state index in [1.54, 1.807) is 25.1 Å². The predicted molar refractivity (Wildman–Crippen MR) is 87.2 cm³/mol. The van der Waals surface area contributed by atoms with E-state index >= 15 is 0 Å². The molecule has 0 spiro atoms. The first-order valence-electron chi connectivity index (χ1n) is 6.82. The third-order valence-corrected chi connectivity index (χ3v) is 4.00. The van der Waals surface area contributed by atoms with E-state index in [0.29, 0.717) is 27.2 Å². The molecule has 0 saturated carbocycles. The number of rotatable bonds is 2. The van der Waals surface area contributed by atoms with Crippen molar-refractivity contribution in [3.63, 3.8) is 0 Å². The number of benzene rings is 2. The zero-order valence-electron chi connectivity index (χ0n) is 12.0. The van der Waals surface area contributed by atoms with Crippen molar-refractivity contribution < 1.29 is 18.7 Å². The third kappa shape index (κ3) is 3.19. The van der Waals surface area contributed by atoms with Gasteiger partial charge in [0.15, 0.2) is 6.10 Å². The summed E-state index contributed by atoms with van der Waals surface area (Å²) in [5.74, 6) is -0.537. The predicted octanol–water partition coefficient (Wildman–Crippen LogP) is 3.56. The Hall–Kier alpha value is -2.41. The van der Waals surface area contributed by atoms with Gasteiger partial charge in [-0.25, -0.2) is 4.39 Å². The van der Waals surface area contributed by atoms with Gasteiger partial charge < -0.3 is 15.4 Å². The van der Waals surface area contributed by atoms with Crippen LogP contribution in [-0.4, -0.2) is 17.9 Å². The minimum absolute atomic E-state index is 0.248. The Bertz CT molecular complexity index is 810. The third-order valence-electron chi connectivity index (χ3n) is 3.34. The van der Waals surface area contributed by atoms with Gasteiger partial charge in [0.1, 0.15) is 11.6 Å². The van der Waals surface area contributed by atoms with E-state index in [-0.39, 0.29) is 5.91 Å². The molecular formula is C16H12BrFN2O3. The molecule has 7 heteroatoms. The van der Waals surface area contributed by atoms with Crippen molar-refractivity contribution in [1.29, 1.82) is 0 Å². The zero-order chi connectivity index (χ0) is 16.6. The molecule has 0 aromatic heterocycles. The molecule has 2 N–H and O–H groups in total.